The average molecular weight is 827 g/mol. The number of hydrogen-bond donors (Lipinski definition) is 0. The maximum Gasteiger partial charge on any atom is 0.164 e. The van der Waals surface area contributed by atoms with E-state index in [-0.39, 0.29) is 5.41 Å². The minimum atomic E-state index is -0.315. The Morgan fingerprint density at radius 3 is 1.00 bits per heavy atom. The number of allylic oxidation sites excluding steroid dienone is 5. The first-order valence-corrected chi connectivity index (χ1v) is 21.4. The van der Waals surface area contributed by atoms with E-state index >= 15 is 0 Å². The molecule has 0 atom stereocenters. The van der Waals surface area contributed by atoms with E-state index in [4.69, 9.17) is 29.9 Å². The molecule has 0 fully saturated rings. The topological polar surface area (TPSA) is 77.3 Å². The van der Waals surface area contributed by atoms with Gasteiger partial charge in [-0.25, -0.2) is 29.9 Å². The van der Waals surface area contributed by atoms with E-state index in [0.29, 0.717) is 34.9 Å². The molecule has 0 amide bonds. The summed E-state index contributed by atoms with van der Waals surface area (Å²) in [4.78, 5) is 29.9. The molecule has 9 rings (SSSR count). The molecule has 0 bridgehead atoms. The standard InChI is InChI=1S/C58H46N6/c1-5-16-40(17-6-2)42-24-28-46(29-25-42)54-59-52(44-20-12-8-13-21-44)61-56(63-54)48-32-36-50(37-33-48)58(3,4)51-38-34-49(35-39-51)57-62-53(45-22-14-9-15-23-45)60-55(64-57)47-30-26-43(27-31-47)41-18-10-7-11-19-41/h5-39H,1H2,2-4H3/b17-6-,40-16+. The molecule has 9 aromatic rings. The van der Waals surface area contributed by atoms with E-state index in [2.05, 4.69) is 148 Å². The van der Waals surface area contributed by atoms with Crippen molar-refractivity contribution < 1.29 is 0 Å². The molecular formula is C58H46N6. The molecule has 0 spiro atoms. The van der Waals surface area contributed by atoms with Gasteiger partial charge in [0.2, 0.25) is 0 Å². The summed E-state index contributed by atoms with van der Waals surface area (Å²) in [6.07, 6.45) is 7.91. The van der Waals surface area contributed by atoms with E-state index in [1.54, 1.807) is 6.08 Å². The fourth-order valence-electron chi connectivity index (χ4n) is 7.75. The van der Waals surface area contributed by atoms with Crippen LogP contribution < -0.4 is 0 Å². The Balaban J connectivity index is 1.01. The number of aromatic nitrogens is 6. The fourth-order valence-corrected chi connectivity index (χ4v) is 7.75. The molecule has 6 nitrogen and oxygen atoms in total. The second kappa shape index (κ2) is 18.4. The SMILES string of the molecule is C=C/C=C(\C=C/C)c1ccc(-c2nc(-c3ccccc3)nc(-c3ccc(C(C)(C)c4ccc(-c5nc(-c6ccccc6)nc(-c6ccc(-c7ccccc7)cc6)n5)cc4)cc3)n2)cc1. The molecule has 0 aliphatic heterocycles. The monoisotopic (exact) mass is 826 g/mol. The van der Waals surface area contributed by atoms with Crippen LogP contribution in [0.3, 0.4) is 0 Å². The largest absolute Gasteiger partial charge is 0.208 e. The van der Waals surface area contributed by atoms with Gasteiger partial charge in [-0.15, -0.1) is 0 Å². The molecule has 0 saturated heterocycles. The third kappa shape index (κ3) is 8.89. The zero-order valence-corrected chi connectivity index (χ0v) is 36.1. The molecule has 0 radical (unpaired) electrons. The van der Waals surface area contributed by atoms with Crippen LogP contribution in [0.2, 0.25) is 0 Å². The summed E-state index contributed by atoms with van der Waals surface area (Å²) in [5.74, 6) is 3.73. The van der Waals surface area contributed by atoms with Gasteiger partial charge in [-0.05, 0) is 40.3 Å². The second-order valence-corrected chi connectivity index (χ2v) is 16.0. The van der Waals surface area contributed by atoms with Crippen molar-refractivity contribution in [3.8, 4) is 79.5 Å². The molecular weight excluding hydrogens is 781 g/mol. The summed E-state index contributed by atoms with van der Waals surface area (Å²) in [5.41, 5.74) is 12.0. The van der Waals surface area contributed by atoms with Crippen molar-refractivity contribution in [3.63, 3.8) is 0 Å². The first kappa shape index (κ1) is 41.1. The van der Waals surface area contributed by atoms with Crippen LogP contribution in [0, 0.1) is 0 Å². The van der Waals surface area contributed by atoms with E-state index in [1.165, 1.54) is 5.56 Å². The Bertz CT molecular complexity index is 3080. The molecule has 6 heteroatoms. The van der Waals surface area contributed by atoms with Crippen molar-refractivity contribution in [3.05, 3.63) is 236 Å². The molecule has 0 N–H and O–H groups in total. The Hall–Kier alpha value is -8.22. The van der Waals surface area contributed by atoms with Crippen LogP contribution in [0.5, 0.6) is 0 Å². The lowest BCUT2D eigenvalue weighted by Crippen LogP contribution is -2.18. The summed E-state index contributed by atoms with van der Waals surface area (Å²) in [6.45, 7) is 10.4. The van der Waals surface area contributed by atoms with Gasteiger partial charge in [0.1, 0.15) is 0 Å². The fraction of sp³-hybridized carbons (Fsp3) is 0.0690. The van der Waals surface area contributed by atoms with Crippen molar-refractivity contribution in [2.24, 2.45) is 0 Å². The second-order valence-electron chi connectivity index (χ2n) is 16.0. The van der Waals surface area contributed by atoms with Gasteiger partial charge in [0.15, 0.2) is 34.9 Å². The van der Waals surface area contributed by atoms with Crippen LogP contribution in [0.1, 0.15) is 37.5 Å². The summed E-state index contributed by atoms with van der Waals surface area (Å²) in [7, 11) is 0. The van der Waals surface area contributed by atoms with E-state index in [0.717, 1.165) is 61.2 Å². The summed E-state index contributed by atoms with van der Waals surface area (Å²) in [5, 5.41) is 0. The first-order valence-electron chi connectivity index (χ1n) is 21.4. The third-order valence-corrected chi connectivity index (χ3v) is 11.4. The van der Waals surface area contributed by atoms with Gasteiger partial charge in [0.05, 0.1) is 0 Å². The third-order valence-electron chi connectivity index (χ3n) is 11.4. The number of rotatable bonds is 12. The minimum absolute atomic E-state index is 0.315. The highest BCUT2D eigenvalue weighted by molar-refractivity contribution is 5.77. The van der Waals surface area contributed by atoms with Crippen LogP contribution in [-0.4, -0.2) is 29.9 Å². The van der Waals surface area contributed by atoms with Gasteiger partial charge < -0.3 is 0 Å². The van der Waals surface area contributed by atoms with Crippen LogP contribution in [0.25, 0.3) is 85.0 Å². The smallest absolute Gasteiger partial charge is 0.164 e. The summed E-state index contributed by atoms with van der Waals surface area (Å²) < 4.78 is 0. The highest BCUT2D eigenvalue weighted by Crippen LogP contribution is 2.35. The molecule has 7 aromatic carbocycles. The van der Waals surface area contributed by atoms with Crippen molar-refractivity contribution in [1.29, 1.82) is 0 Å². The van der Waals surface area contributed by atoms with Crippen molar-refractivity contribution in [2.75, 3.05) is 0 Å². The van der Waals surface area contributed by atoms with Crippen LogP contribution in [0.15, 0.2) is 219 Å². The zero-order chi connectivity index (χ0) is 43.9. The predicted octanol–water partition coefficient (Wildman–Crippen LogP) is 14.2. The number of nitrogens with zero attached hydrogens (tertiary/aromatic N) is 6. The first-order chi connectivity index (χ1) is 31.4. The highest BCUT2D eigenvalue weighted by Gasteiger charge is 2.24. The van der Waals surface area contributed by atoms with E-state index in [9.17, 15) is 0 Å². The molecule has 2 aromatic heterocycles. The Labute approximate surface area is 375 Å². The van der Waals surface area contributed by atoms with Gasteiger partial charge in [-0.2, -0.15) is 0 Å². The maximum absolute atomic E-state index is 5.02. The van der Waals surface area contributed by atoms with Gasteiger partial charge in [-0.3, -0.25) is 0 Å². The highest BCUT2D eigenvalue weighted by atomic mass is 15.0. The predicted molar refractivity (Wildman–Crippen MR) is 263 cm³/mol. The molecule has 64 heavy (non-hydrogen) atoms. The minimum Gasteiger partial charge on any atom is -0.208 e. The zero-order valence-electron chi connectivity index (χ0n) is 36.1. The van der Waals surface area contributed by atoms with Crippen molar-refractivity contribution >= 4 is 5.57 Å². The lowest BCUT2D eigenvalue weighted by atomic mass is 9.77. The molecule has 0 saturated carbocycles. The number of hydrogen-bond acceptors (Lipinski definition) is 6. The molecule has 0 aliphatic carbocycles. The van der Waals surface area contributed by atoms with Gasteiger partial charge in [-0.1, -0.05) is 233 Å². The van der Waals surface area contributed by atoms with Crippen molar-refractivity contribution in [2.45, 2.75) is 26.2 Å². The average Bonchev–Trinajstić information content (AvgIpc) is 3.37. The lowest BCUT2D eigenvalue weighted by Gasteiger charge is -2.26. The lowest BCUT2D eigenvalue weighted by molar-refractivity contribution is 0.641. The Kier molecular flexibility index (Phi) is 11.8. The van der Waals surface area contributed by atoms with E-state index in [1.807, 2.05) is 85.8 Å². The maximum atomic E-state index is 5.02. The molecule has 2 heterocycles. The van der Waals surface area contributed by atoms with Gasteiger partial charge in [0.25, 0.3) is 0 Å². The summed E-state index contributed by atoms with van der Waals surface area (Å²) >= 11 is 0. The van der Waals surface area contributed by atoms with Crippen LogP contribution in [-0.2, 0) is 5.41 Å². The quantitative estimate of drug-likeness (QED) is 0.114. The van der Waals surface area contributed by atoms with E-state index < -0.39 is 0 Å². The Morgan fingerprint density at radius 2 is 0.656 bits per heavy atom. The Morgan fingerprint density at radius 1 is 0.375 bits per heavy atom. The summed E-state index contributed by atoms with van der Waals surface area (Å²) in [6, 6.07) is 64.3. The van der Waals surface area contributed by atoms with Gasteiger partial charge >= 0.3 is 0 Å². The normalized spacial score (nSPS) is 11.8. The number of benzene rings is 7. The molecule has 308 valence electrons. The van der Waals surface area contributed by atoms with Gasteiger partial charge in [0, 0.05) is 38.8 Å². The molecule has 0 aliphatic rings. The van der Waals surface area contributed by atoms with Crippen LogP contribution in [0.4, 0.5) is 0 Å². The van der Waals surface area contributed by atoms with Crippen molar-refractivity contribution in [1.82, 2.24) is 29.9 Å². The molecule has 0 unspecified atom stereocenters. The van der Waals surface area contributed by atoms with Crippen LogP contribution >= 0.6 is 0 Å².